The first-order valence-corrected chi connectivity index (χ1v) is 8.68. The summed E-state index contributed by atoms with van der Waals surface area (Å²) in [5.41, 5.74) is 6.11. The van der Waals surface area contributed by atoms with Gasteiger partial charge in [-0.1, -0.05) is 0 Å². The van der Waals surface area contributed by atoms with Crippen LogP contribution in [0.15, 0.2) is 23.1 Å². The first-order chi connectivity index (χ1) is 9.99. The highest BCUT2D eigenvalue weighted by molar-refractivity contribution is 7.89. The van der Waals surface area contributed by atoms with Gasteiger partial charge in [0, 0.05) is 30.9 Å². The Balaban J connectivity index is 1.76. The normalized spacial score (nSPS) is 23.4. The molecule has 0 amide bonds. The van der Waals surface area contributed by atoms with Crippen molar-refractivity contribution in [2.24, 2.45) is 0 Å². The van der Waals surface area contributed by atoms with Crippen molar-refractivity contribution in [3.8, 4) is 5.75 Å². The summed E-state index contributed by atoms with van der Waals surface area (Å²) in [6, 6.07) is 5.27. The van der Waals surface area contributed by atoms with Crippen LogP contribution >= 0.6 is 0 Å². The average molecular weight is 311 g/mol. The predicted molar refractivity (Wildman–Crippen MR) is 80.7 cm³/mol. The average Bonchev–Trinajstić information content (AvgIpc) is 3.20. The van der Waals surface area contributed by atoms with Crippen LogP contribution < -0.4 is 15.2 Å². The molecule has 1 aromatic carbocycles. The van der Waals surface area contributed by atoms with E-state index in [2.05, 4.69) is 9.62 Å². The monoisotopic (exact) mass is 311 g/mol. The maximum Gasteiger partial charge on any atom is 0.244 e. The molecule has 2 fully saturated rings. The van der Waals surface area contributed by atoms with Crippen molar-refractivity contribution < 1.29 is 13.2 Å². The number of hydrogen-bond acceptors (Lipinski definition) is 5. The minimum Gasteiger partial charge on any atom is -0.495 e. The molecular formula is C14H21N3O3S. The Bertz CT molecular complexity index is 628. The molecule has 21 heavy (non-hydrogen) atoms. The molecule has 116 valence electrons. The lowest BCUT2D eigenvalue weighted by atomic mass is 10.3. The van der Waals surface area contributed by atoms with E-state index in [-0.39, 0.29) is 10.9 Å². The lowest BCUT2D eigenvalue weighted by Gasteiger charge is -2.17. The van der Waals surface area contributed by atoms with Gasteiger partial charge in [0.05, 0.1) is 7.11 Å². The number of sulfonamides is 1. The van der Waals surface area contributed by atoms with Crippen LogP contribution in [-0.2, 0) is 10.0 Å². The molecule has 7 heteroatoms. The maximum atomic E-state index is 12.5. The first-order valence-electron chi connectivity index (χ1n) is 7.19. The predicted octanol–water partition coefficient (Wildman–Crippen LogP) is 0.792. The number of ether oxygens (including phenoxy) is 1. The molecular weight excluding hydrogens is 290 g/mol. The summed E-state index contributed by atoms with van der Waals surface area (Å²) < 4.78 is 33.0. The number of hydrogen-bond donors (Lipinski definition) is 2. The van der Waals surface area contributed by atoms with E-state index >= 15 is 0 Å². The van der Waals surface area contributed by atoms with Crippen molar-refractivity contribution in [1.29, 1.82) is 0 Å². The fraction of sp³-hybridized carbons (Fsp3) is 0.571. The van der Waals surface area contributed by atoms with E-state index in [9.17, 15) is 8.42 Å². The Kier molecular flexibility index (Phi) is 3.81. The Morgan fingerprint density at radius 1 is 1.33 bits per heavy atom. The molecule has 1 aromatic rings. The quantitative estimate of drug-likeness (QED) is 0.786. The fourth-order valence-electron chi connectivity index (χ4n) is 2.84. The zero-order valence-corrected chi connectivity index (χ0v) is 12.9. The minimum atomic E-state index is -3.62. The van der Waals surface area contributed by atoms with Crippen molar-refractivity contribution in [1.82, 2.24) is 9.62 Å². The molecule has 6 nitrogen and oxygen atoms in total. The van der Waals surface area contributed by atoms with Crippen LogP contribution in [0.1, 0.15) is 19.3 Å². The van der Waals surface area contributed by atoms with Gasteiger partial charge in [-0.25, -0.2) is 13.1 Å². The van der Waals surface area contributed by atoms with E-state index in [0.717, 1.165) is 19.5 Å². The molecule has 0 aromatic heterocycles. The summed E-state index contributed by atoms with van der Waals surface area (Å²) in [5, 5.41) is 0. The number of methoxy groups -OCH3 is 1. The first kappa shape index (κ1) is 14.6. The van der Waals surface area contributed by atoms with Crippen LogP contribution in [-0.4, -0.2) is 45.6 Å². The van der Waals surface area contributed by atoms with Crippen LogP contribution in [0.3, 0.4) is 0 Å². The van der Waals surface area contributed by atoms with Gasteiger partial charge in [0.1, 0.15) is 10.6 Å². The van der Waals surface area contributed by atoms with Crippen molar-refractivity contribution in [3.63, 3.8) is 0 Å². The summed E-state index contributed by atoms with van der Waals surface area (Å²) in [5.74, 6) is 0.314. The molecule has 1 heterocycles. The molecule has 2 aliphatic rings. The van der Waals surface area contributed by atoms with Gasteiger partial charge in [-0.2, -0.15) is 0 Å². The van der Waals surface area contributed by atoms with Crippen LogP contribution in [0.4, 0.5) is 5.69 Å². The van der Waals surface area contributed by atoms with E-state index in [1.165, 1.54) is 26.0 Å². The zero-order valence-electron chi connectivity index (χ0n) is 12.1. The molecule has 0 radical (unpaired) electrons. The molecule has 1 aliphatic carbocycles. The van der Waals surface area contributed by atoms with Gasteiger partial charge in [0.15, 0.2) is 0 Å². The smallest absolute Gasteiger partial charge is 0.244 e. The topological polar surface area (TPSA) is 84.7 Å². The highest BCUT2D eigenvalue weighted by atomic mass is 32.2. The number of anilines is 1. The summed E-state index contributed by atoms with van der Waals surface area (Å²) >= 11 is 0. The molecule has 3 rings (SSSR count). The van der Waals surface area contributed by atoms with Gasteiger partial charge in [-0.15, -0.1) is 0 Å². The summed E-state index contributed by atoms with van der Waals surface area (Å²) in [7, 11) is -2.17. The van der Waals surface area contributed by atoms with Gasteiger partial charge in [0.2, 0.25) is 10.0 Å². The molecule has 1 saturated heterocycles. The van der Waals surface area contributed by atoms with Gasteiger partial charge in [-0.05, 0) is 37.5 Å². The highest BCUT2D eigenvalue weighted by Crippen LogP contribution is 2.31. The Morgan fingerprint density at radius 3 is 2.76 bits per heavy atom. The van der Waals surface area contributed by atoms with Crippen molar-refractivity contribution >= 4 is 15.7 Å². The van der Waals surface area contributed by atoms with Crippen LogP contribution in [0.2, 0.25) is 0 Å². The van der Waals surface area contributed by atoms with Gasteiger partial charge < -0.3 is 10.5 Å². The molecule has 0 spiro atoms. The standard InChI is InChI=1S/C14H21N3O3S/c1-20-13-5-2-10(15)8-14(13)21(18,19)16-11-6-7-17(9-11)12-3-4-12/h2,5,8,11-12,16H,3-4,6-7,9,15H2,1H3. The second-order valence-corrected chi connectivity index (χ2v) is 7.43. The molecule has 3 N–H and O–H groups in total. The number of benzene rings is 1. The number of nitrogens with zero attached hydrogens (tertiary/aromatic N) is 1. The largest absolute Gasteiger partial charge is 0.495 e. The van der Waals surface area contributed by atoms with E-state index in [4.69, 9.17) is 10.5 Å². The number of nitrogens with one attached hydrogen (secondary N) is 1. The van der Waals surface area contributed by atoms with E-state index in [0.29, 0.717) is 17.5 Å². The summed E-state index contributed by atoms with van der Waals surface area (Å²) in [4.78, 5) is 2.47. The molecule has 1 saturated carbocycles. The van der Waals surface area contributed by atoms with Gasteiger partial charge in [-0.3, -0.25) is 4.90 Å². The van der Waals surface area contributed by atoms with Gasteiger partial charge >= 0.3 is 0 Å². The molecule has 0 bridgehead atoms. The fourth-order valence-corrected chi connectivity index (χ4v) is 4.31. The molecule has 1 atom stereocenters. The number of nitrogens with two attached hydrogens (primary N) is 1. The van der Waals surface area contributed by atoms with Crippen molar-refractivity contribution in [2.45, 2.75) is 36.2 Å². The van der Waals surface area contributed by atoms with Crippen molar-refractivity contribution in [3.05, 3.63) is 18.2 Å². The highest BCUT2D eigenvalue weighted by Gasteiger charge is 2.36. The van der Waals surface area contributed by atoms with Crippen LogP contribution in [0.25, 0.3) is 0 Å². The van der Waals surface area contributed by atoms with E-state index < -0.39 is 10.0 Å². The molecule has 1 aliphatic heterocycles. The summed E-state index contributed by atoms with van der Waals surface area (Å²) in [6.07, 6.45) is 3.32. The lowest BCUT2D eigenvalue weighted by Crippen LogP contribution is -2.37. The zero-order chi connectivity index (χ0) is 15.0. The van der Waals surface area contributed by atoms with Crippen molar-refractivity contribution in [2.75, 3.05) is 25.9 Å². The van der Waals surface area contributed by atoms with E-state index in [1.807, 2.05) is 0 Å². The SMILES string of the molecule is COc1ccc(N)cc1S(=O)(=O)NC1CCN(C2CC2)C1. The van der Waals surface area contributed by atoms with Gasteiger partial charge in [0.25, 0.3) is 0 Å². The Labute approximate surface area is 125 Å². The number of rotatable bonds is 5. The Morgan fingerprint density at radius 2 is 2.10 bits per heavy atom. The van der Waals surface area contributed by atoms with Crippen LogP contribution in [0, 0.1) is 0 Å². The maximum absolute atomic E-state index is 12.5. The summed E-state index contributed by atoms with van der Waals surface area (Å²) in [6.45, 7) is 1.75. The minimum absolute atomic E-state index is 0.0401. The Hall–Kier alpha value is -1.31. The third-order valence-electron chi connectivity index (χ3n) is 4.08. The second-order valence-electron chi connectivity index (χ2n) is 5.74. The van der Waals surface area contributed by atoms with E-state index in [1.54, 1.807) is 12.1 Å². The molecule has 1 unspecified atom stereocenters. The number of likely N-dealkylation sites (tertiary alicyclic amines) is 1. The lowest BCUT2D eigenvalue weighted by molar-refractivity contribution is 0.322. The third-order valence-corrected chi connectivity index (χ3v) is 5.62. The third kappa shape index (κ3) is 3.14. The van der Waals surface area contributed by atoms with Crippen LogP contribution in [0.5, 0.6) is 5.75 Å². The number of nitrogen functional groups attached to an aromatic ring is 1. The second kappa shape index (κ2) is 5.47.